The highest BCUT2D eigenvalue weighted by atomic mass is 32.2. The first kappa shape index (κ1) is 25.5. The van der Waals surface area contributed by atoms with Crippen molar-refractivity contribution in [2.75, 3.05) is 27.2 Å². The number of hydrogen-bond acceptors (Lipinski definition) is 5. The fourth-order valence-corrected chi connectivity index (χ4v) is 4.56. The van der Waals surface area contributed by atoms with E-state index in [4.69, 9.17) is 4.74 Å². The van der Waals surface area contributed by atoms with Gasteiger partial charge in [-0.3, -0.25) is 4.79 Å². The van der Waals surface area contributed by atoms with Gasteiger partial charge in [-0.05, 0) is 35.9 Å². The Kier molecular flexibility index (Phi) is 8.13. The van der Waals surface area contributed by atoms with Gasteiger partial charge in [-0.1, -0.05) is 26.0 Å². The van der Waals surface area contributed by atoms with Crippen molar-refractivity contribution in [3.63, 3.8) is 0 Å². The van der Waals surface area contributed by atoms with Crippen LogP contribution in [-0.4, -0.2) is 57.1 Å². The Morgan fingerprint density at radius 3 is 2.12 bits per heavy atom. The first-order chi connectivity index (χ1) is 14.9. The lowest BCUT2D eigenvalue weighted by Crippen LogP contribution is -2.31. The van der Waals surface area contributed by atoms with Gasteiger partial charge < -0.3 is 14.4 Å². The summed E-state index contributed by atoms with van der Waals surface area (Å²) in [6.07, 6.45) is -4.79. The first-order valence-electron chi connectivity index (χ1n) is 9.71. The van der Waals surface area contributed by atoms with Crippen LogP contribution in [0.1, 0.15) is 29.8 Å². The second-order valence-corrected chi connectivity index (χ2v) is 8.74. The van der Waals surface area contributed by atoms with Crippen molar-refractivity contribution in [1.82, 2.24) is 9.21 Å². The average Bonchev–Trinajstić information content (AvgIpc) is 2.73. The zero-order valence-corrected chi connectivity index (χ0v) is 19.0. The molecule has 176 valence electrons. The highest BCUT2D eigenvalue weighted by Crippen LogP contribution is 2.27. The van der Waals surface area contributed by atoms with E-state index in [1.54, 1.807) is 13.8 Å². The third-order valence-electron chi connectivity index (χ3n) is 4.67. The van der Waals surface area contributed by atoms with Crippen molar-refractivity contribution in [2.24, 2.45) is 0 Å². The summed E-state index contributed by atoms with van der Waals surface area (Å²) in [6, 6.07) is 9.18. The lowest BCUT2D eigenvalue weighted by molar-refractivity contribution is -0.274. The van der Waals surface area contributed by atoms with E-state index in [0.29, 0.717) is 5.56 Å². The second kappa shape index (κ2) is 10.2. The number of hydrogen-bond donors (Lipinski definition) is 0. The maximum atomic E-state index is 13.0. The zero-order valence-electron chi connectivity index (χ0n) is 18.1. The molecule has 0 aliphatic carbocycles. The monoisotopic (exact) mass is 474 g/mol. The Bertz CT molecular complexity index is 1040. The summed E-state index contributed by atoms with van der Waals surface area (Å²) in [5, 5.41) is 0. The molecule has 0 spiro atoms. The van der Waals surface area contributed by atoms with E-state index in [-0.39, 0.29) is 41.6 Å². The molecule has 0 N–H and O–H groups in total. The lowest BCUT2D eigenvalue weighted by atomic mass is 10.1. The molecule has 7 nitrogen and oxygen atoms in total. The van der Waals surface area contributed by atoms with E-state index in [2.05, 4.69) is 4.74 Å². The predicted molar refractivity (Wildman–Crippen MR) is 112 cm³/mol. The van der Waals surface area contributed by atoms with Gasteiger partial charge in [0.2, 0.25) is 10.0 Å². The molecule has 0 saturated carbocycles. The Labute approximate surface area is 185 Å². The molecule has 0 aliphatic heterocycles. The van der Waals surface area contributed by atoms with Crippen LogP contribution in [-0.2, 0) is 16.6 Å². The van der Waals surface area contributed by atoms with Crippen molar-refractivity contribution < 1.29 is 35.9 Å². The molecule has 2 aromatic carbocycles. The number of benzene rings is 2. The number of ether oxygens (including phenoxy) is 2. The molecular formula is C21H25F3N2O5S. The summed E-state index contributed by atoms with van der Waals surface area (Å²) >= 11 is 0. The molecule has 11 heteroatoms. The molecule has 2 rings (SSSR count). The first-order valence-corrected chi connectivity index (χ1v) is 11.1. The number of amides is 1. The number of halogens is 3. The molecule has 0 unspecified atom stereocenters. The van der Waals surface area contributed by atoms with Crippen LogP contribution in [0.25, 0.3) is 0 Å². The summed E-state index contributed by atoms with van der Waals surface area (Å²) in [5.41, 5.74) is 0.613. The Morgan fingerprint density at radius 2 is 1.62 bits per heavy atom. The van der Waals surface area contributed by atoms with Crippen LogP contribution in [0.2, 0.25) is 0 Å². The van der Waals surface area contributed by atoms with E-state index in [1.807, 2.05) is 0 Å². The summed E-state index contributed by atoms with van der Waals surface area (Å²) in [4.78, 5) is 14.3. The minimum absolute atomic E-state index is 0.0348. The van der Waals surface area contributed by atoms with E-state index in [0.717, 1.165) is 12.1 Å². The second-order valence-electron chi connectivity index (χ2n) is 6.80. The number of carbonyl (C=O) groups excluding carboxylic acids is 1. The molecule has 0 aromatic heterocycles. The summed E-state index contributed by atoms with van der Waals surface area (Å²) in [6.45, 7) is 4.07. The molecule has 1 amide bonds. The number of sulfonamides is 1. The standard InChI is InChI=1S/C21H25F3N2O5S/c1-5-26(6-2)32(28,29)17-11-12-19(30-4)18(13-17)20(27)25(3)14-15-7-9-16(10-8-15)31-21(22,23)24/h7-13H,5-6,14H2,1-4H3. The normalized spacial score (nSPS) is 12.0. The number of rotatable bonds is 9. The molecular weight excluding hydrogens is 449 g/mol. The van der Waals surface area contributed by atoms with Gasteiger partial charge >= 0.3 is 6.36 Å². The van der Waals surface area contributed by atoms with Crippen LogP contribution in [0.3, 0.4) is 0 Å². The largest absolute Gasteiger partial charge is 0.573 e. The van der Waals surface area contributed by atoms with Gasteiger partial charge in [0.25, 0.3) is 5.91 Å². The molecule has 32 heavy (non-hydrogen) atoms. The number of carbonyl (C=O) groups is 1. The number of nitrogens with zero attached hydrogens (tertiary/aromatic N) is 2. The van der Waals surface area contributed by atoms with Gasteiger partial charge in [0.05, 0.1) is 17.6 Å². The van der Waals surface area contributed by atoms with E-state index in [1.165, 1.54) is 53.7 Å². The van der Waals surface area contributed by atoms with Gasteiger partial charge in [-0.15, -0.1) is 13.2 Å². The Balaban J connectivity index is 2.27. The molecule has 0 heterocycles. The third kappa shape index (κ3) is 6.13. The molecule has 0 atom stereocenters. The minimum atomic E-state index is -4.79. The molecule has 0 radical (unpaired) electrons. The van der Waals surface area contributed by atoms with Crippen molar-refractivity contribution >= 4 is 15.9 Å². The third-order valence-corrected chi connectivity index (χ3v) is 6.71. The van der Waals surface area contributed by atoms with E-state index < -0.39 is 22.3 Å². The molecule has 0 fully saturated rings. The van der Waals surface area contributed by atoms with Crippen molar-refractivity contribution in [1.29, 1.82) is 0 Å². The van der Waals surface area contributed by atoms with Crippen molar-refractivity contribution in [2.45, 2.75) is 31.7 Å². The van der Waals surface area contributed by atoms with Crippen molar-refractivity contribution in [3.05, 3.63) is 53.6 Å². The van der Waals surface area contributed by atoms with Crippen LogP contribution < -0.4 is 9.47 Å². The Hall–Kier alpha value is -2.79. The minimum Gasteiger partial charge on any atom is -0.496 e. The van der Waals surface area contributed by atoms with E-state index in [9.17, 15) is 26.4 Å². The fourth-order valence-electron chi connectivity index (χ4n) is 3.08. The van der Waals surface area contributed by atoms with Gasteiger partial charge in [-0.25, -0.2) is 8.42 Å². The maximum absolute atomic E-state index is 13.0. The van der Waals surface area contributed by atoms with Crippen LogP contribution in [0.15, 0.2) is 47.4 Å². The predicted octanol–water partition coefficient (Wildman–Crippen LogP) is 3.90. The fraction of sp³-hybridized carbons (Fsp3) is 0.381. The number of methoxy groups -OCH3 is 1. The zero-order chi connectivity index (χ0) is 24.1. The summed E-state index contributed by atoms with van der Waals surface area (Å²) in [5.74, 6) is -0.672. The highest BCUT2D eigenvalue weighted by Gasteiger charge is 2.31. The van der Waals surface area contributed by atoms with Crippen molar-refractivity contribution in [3.8, 4) is 11.5 Å². The van der Waals surface area contributed by atoms with Gasteiger partial charge in [0.15, 0.2) is 0 Å². The lowest BCUT2D eigenvalue weighted by Gasteiger charge is -2.21. The van der Waals surface area contributed by atoms with Gasteiger partial charge in [0, 0.05) is 26.7 Å². The smallest absolute Gasteiger partial charge is 0.496 e. The Morgan fingerprint density at radius 1 is 1.03 bits per heavy atom. The molecule has 0 aliphatic rings. The van der Waals surface area contributed by atoms with Crippen LogP contribution in [0.5, 0.6) is 11.5 Å². The SMILES string of the molecule is CCN(CC)S(=O)(=O)c1ccc(OC)c(C(=O)N(C)Cc2ccc(OC(F)(F)F)cc2)c1. The molecule has 2 aromatic rings. The molecule has 0 bridgehead atoms. The summed E-state index contributed by atoms with van der Waals surface area (Å²) < 4.78 is 72.9. The number of alkyl halides is 3. The average molecular weight is 475 g/mol. The van der Waals surface area contributed by atoms with Gasteiger partial charge in [-0.2, -0.15) is 4.31 Å². The molecule has 0 saturated heterocycles. The topological polar surface area (TPSA) is 76.2 Å². The van der Waals surface area contributed by atoms with Crippen LogP contribution in [0, 0.1) is 0 Å². The van der Waals surface area contributed by atoms with Crippen LogP contribution in [0.4, 0.5) is 13.2 Å². The maximum Gasteiger partial charge on any atom is 0.573 e. The quantitative estimate of drug-likeness (QED) is 0.551. The van der Waals surface area contributed by atoms with Crippen LogP contribution >= 0.6 is 0 Å². The van der Waals surface area contributed by atoms with E-state index >= 15 is 0 Å². The summed E-state index contributed by atoms with van der Waals surface area (Å²) in [7, 11) is -0.927. The highest BCUT2D eigenvalue weighted by molar-refractivity contribution is 7.89. The van der Waals surface area contributed by atoms with Gasteiger partial charge in [0.1, 0.15) is 11.5 Å².